The summed E-state index contributed by atoms with van der Waals surface area (Å²) < 4.78 is 5.68. The zero-order valence-corrected chi connectivity index (χ0v) is 17.5. The average molecular weight is 458 g/mol. The van der Waals surface area contributed by atoms with E-state index in [1.165, 1.54) is 44.9 Å². The lowest BCUT2D eigenvalue weighted by Gasteiger charge is -2.24. The van der Waals surface area contributed by atoms with Gasteiger partial charge in [0.05, 0.1) is 13.2 Å². The van der Waals surface area contributed by atoms with E-state index in [0.29, 0.717) is 12.6 Å². The summed E-state index contributed by atoms with van der Waals surface area (Å²) in [7, 11) is 0. The molecular formula is C19H31IN4O. The molecule has 2 fully saturated rings. The summed E-state index contributed by atoms with van der Waals surface area (Å²) in [5, 5.41) is 6.92. The van der Waals surface area contributed by atoms with Crippen LogP contribution >= 0.6 is 24.0 Å². The third-order valence-corrected chi connectivity index (χ3v) is 4.67. The summed E-state index contributed by atoms with van der Waals surface area (Å²) in [6.45, 7) is 4.43. The van der Waals surface area contributed by atoms with Crippen molar-refractivity contribution >= 4 is 29.9 Å². The van der Waals surface area contributed by atoms with Gasteiger partial charge in [-0.2, -0.15) is 0 Å². The first-order valence-corrected chi connectivity index (χ1v) is 9.46. The average Bonchev–Trinajstić information content (AvgIpc) is 3.44. The van der Waals surface area contributed by atoms with Gasteiger partial charge >= 0.3 is 0 Å². The minimum atomic E-state index is 0. The van der Waals surface area contributed by atoms with Crippen molar-refractivity contribution in [1.29, 1.82) is 0 Å². The molecule has 0 unspecified atom stereocenters. The van der Waals surface area contributed by atoms with E-state index in [2.05, 4.69) is 28.6 Å². The van der Waals surface area contributed by atoms with E-state index >= 15 is 0 Å². The number of aliphatic imine (C=N–C) groups is 1. The van der Waals surface area contributed by atoms with E-state index in [1.807, 2.05) is 12.3 Å². The molecule has 0 spiro atoms. The largest absolute Gasteiger partial charge is 0.477 e. The maximum Gasteiger partial charge on any atom is 0.213 e. The topological polar surface area (TPSA) is 58.5 Å². The van der Waals surface area contributed by atoms with Crippen LogP contribution < -0.4 is 15.4 Å². The van der Waals surface area contributed by atoms with Crippen LogP contribution in [0.15, 0.2) is 23.3 Å². The van der Waals surface area contributed by atoms with Crippen molar-refractivity contribution in [1.82, 2.24) is 15.6 Å². The molecule has 0 aliphatic heterocycles. The van der Waals surface area contributed by atoms with Crippen LogP contribution in [0.3, 0.4) is 0 Å². The van der Waals surface area contributed by atoms with Crippen molar-refractivity contribution in [3.8, 4) is 5.88 Å². The second-order valence-corrected chi connectivity index (χ2v) is 6.93. The monoisotopic (exact) mass is 458 g/mol. The second-order valence-electron chi connectivity index (χ2n) is 6.93. The van der Waals surface area contributed by atoms with Gasteiger partial charge in [0, 0.05) is 24.8 Å². The fourth-order valence-electron chi connectivity index (χ4n) is 3.01. The summed E-state index contributed by atoms with van der Waals surface area (Å²) in [6.07, 6.45) is 11.0. The molecular weight excluding hydrogens is 427 g/mol. The summed E-state index contributed by atoms with van der Waals surface area (Å²) in [5.74, 6) is 2.39. The molecule has 0 atom stereocenters. The van der Waals surface area contributed by atoms with Gasteiger partial charge in [0.1, 0.15) is 0 Å². The van der Waals surface area contributed by atoms with Crippen LogP contribution in [0, 0.1) is 5.92 Å². The summed E-state index contributed by atoms with van der Waals surface area (Å²) in [4.78, 5) is 9.09. The Kier molecular flexibility index (Phi) is 8.78. The van der Waals surface area contributed by atoms with Crippen molar-refractivity contribution < 1.29 is 4.74 Å². The minimum absolute atomic E-state index is 0. The Hall–Kier alpha value is -1.05. The van der Waals surface area contributed by atoms with Crippen LogP contribution in [0.2, 0.25) is 0 Å². The molecule has 6 heteroatoms. The van der Waals surface area contributed by atoms with Crippen molar-refractivity contribution in [3.05, 3.63) is 23.9 Å². The summed E-state index contributed by atoms with van der Waals surface area (Å²) in [6, 6.07) is 4.57. The highest BCUT2D eigenvalue weighted by atomic mass is 127. The SMILES string of the molecule is CCNC(=NCc1ccc(OCC2CC2)nc1)NC1CCCCC1.I. The standard InChI is InChI=1S/C19H30N4O.HI/c1-2-20-19(23-17-6-4-3-5-7-17)22-13-16-10-11-18(21-12-16)24-14-15-8-9-15;/h10-12,15,17H,2-9,13-14H2,1H3,(H2,20,22,23);1H. The van der Waals surface area contributed by atoms with Crippen LogP contribution in [0.25, 0.3) is 0 Å². The first kappa shape index (κ1) is 20.3. The van der Waals surface area contributed by atoms with Crippen LogP contribution in [0.5, 0.6) is 5.88 Å². The molecule has 2 saturated carbocycles. The number of halogens is 1. The molecule has 1 heterocycles. The Bertz CT molecular complexity index is 525. The quantitative estimate of drug-likeness (QED) is 0.370. The molecule has 0 amide bonds. The number of pyridine rings is 1. The Morgan fingerprint density at radius 1 is 1.20 bits per heavy atom. The predicted octanol–water partition coefficient (Wildman–Crippen LogP) is 3.88. The smallest absolute Gasteiger partial charge is 0.213 e. The van der Waals surface area contributed by atoms with Gasteiger partial charge in [0.25, 0.3) is 0 Å². The van der Waals surface area contributed by atoms with Crippen molar-refractivity contribution in [2.75, 3.05) is 13.2 Å². The number of rotatable bonds is 7. The second kappa shape index (κ2) is 10.8. The van der Waals surface area contributed by atoms with E-state index in [1.54, 1.807) is 0 Å². The highest BCUT2D eigenvalue weighted by molar-refractivity contribution is 14.0. The van der Waals surface area contributed by atoms with Crippen LogP contribution in [-0.2, 0) is 6.54 Å². The van der Waals surface area contributed by atoms with E-state index in [4.69, 9.17) is 9.73 Å². The lowest BCUT2D eigenvalue weighted by molar-refractivity contribution is 0.288. The molecule has 0 saturated heterocycles. The van der Waals surface area contributed by atoms with Crippen LogP contribution in [0.1, 0.15) is 57.4 Å². The number of ether oxygens (including phenoxy) is 1. The normalized spacial score (nSPS) is 18.4. The van der Waals surface area contributed by atoms with Gasteiger partial charge < -0.3 is 15.4 Å². The lowest BCUT2D eigenvalue weighted by Crippen LogP contribution is -2.44. The molecule has 2 aliphatic carbocycles. The Balaban J connectivity index is 0.00000225. The molecule has 5 nitrogen and oxygen atoms in total. The van der Waals surface area contributed by atoms with Crippen LogP contribution in [0.4, 0.5) is 0 Å². The summed E-state index contributed by atoms with van der Waals surface area (Å²) in [5.41, 5.74) is 1.11. The van der Waals surface area contributed by atoms with Gasteiger partial charge in [-0.15, -0.1) is 24.0 Å². The zero-order valence-electron chi connectivity index (χ0n) is 15.2. The predicted molar refractivity (Wildman–Crippen MR) is 113 cm³/mol. The fraction of sp³-hybridized carbons (Fsp3) is 0.684. The van der Waals surface area contributed by atoms with Gasteiger partial charge in [-0.3, -0.25) is 0 Å². The van der Waals surface area contributed by atoms with Gasteiger partial charge in [-0.25, -0.2) is 9.98 Å². The molecule has 3 rings (SSSR count). The number of hydrogen-bond acceptors (Lipinski definition) is 3. The molecule has 0 aromatic carbocycles. The summed E-state index contributed by atoms with van der Waals surface area (Å²) >= 11 is 0. The van der Waals surface area contributed by atoms with Crippen molar-refractivity contribution in [2.24, 2.45) is 10.9 Å². The Morgan fingerprint density at radius 2 is 2.00 bits per heavy atom. The van der Waals surface area contributed by atoms with Gasteiger partial charge in [0.15, 0.2) is 5.96 Å². The highest BCUT2D eigenvalue weighted by Gasteiger charge is 2.22. The van der Waals surface area contributed by atoms with Crippen LogP contribution in [-0.4, -0.2) is 30.1 Å². The molecule has 0 bridgehead atoms. The molecule has 25 heavy (non-hydrogen) atoms. The molecule has 140 valence electrons. The molecule has 2 N–H and O–H groups in total. The molecule has 2 aliphatic rings. The maximum absolute atomic E-state index is 5.68. The molecule has 1 aromatic heterocycles. The first-order chi connectivity index (χ1) is 11.8. The Labute approximate surface area is 168 Å². The minimum Gasteiger partial charge on any atom is -0.477 e. The Morgan fingerprint density at radius 3 is 2.64 bits per heavy atom. The lowest BCUT2D eigenvalue weighted by atomic mass is 9.96. The number of nitrogens with one attached hydrogen (secondary N) is 2. The number of aromatic nitrogens is 1. The molecule has 1 aromatic rings. The van der Waals surface area contributed by atoms with Gasteiger partial charge in [-0.05, 0) is 44.1 Å². The van der Waals surface area contributed by atoms with E-state index in [-0.39, 0.29) is 24.0 Å². The third-order valence-electron chi connectivity index (χ3n) is 4.67. The zero-order chi connectivity index (χ0) is 16.6. The van der Waals surface area contributed by atoms with Crippen molar-refractivity contribution in [3.63, 3.8) is 0 Å². The van der Waals surface area contributed by atoms with Gasteiger partial charge in [0.2, 0.25) is 5.88 Å². The fourth-order valence-corrected chi connectivity index (χ4v) is 3.01. The molecule has 0 radical (unpaired) electrons. The first-order valence-electron chi connectivity index (χ1n) is 9.46. The third kappa shape index (κ3) is 7.38. The number of nitrogens with zero attached hydrogens (tertiary/aromatic N) is 2. The number of hydrogen-bond donors (Lipinski definition) is 2. The maximum atomic E-state index is 5.68. The van der Waals surface area contributed by atoms with E-state index < -0.39 is 0 Å². The van der Waals surface area contributed by atoms with Crippen molar-refractivity contribution in [2.45, 2.75) is 64.5 Å². The van der Waals surface area contributed by atoms with Gasteiger partial charge in [-0.1, -0.05) is 25.3 Å². The van der Waals surface area contributed by atoms with E-state index in [9.17, 15) is 0 Å². The van der Waals surface area contributed by atoms with E-state index in [0.717, 1.165) is 36.5 Å². The highest BCUT2D eigenvalue weighted by Crippen LogP contribution is 2.29. The number of guanidine groups is 1.